The summed E-state index contributed by atoms with van der Waals surface area (Å²) in [5, 5.41) is 3.10. The molecule has 1 aromatic carbocycles. The molecule has 2 rings (SSSR count). The first-order valence-corrected chi connectivity index (χ1v) is 5.67. The van der Waals surface area contributed by atoms with Crippen LogP contribution in [-0.2, 0) is 6.54 Å². The number of hydrogen-bond donors (Lipinski definition) is 1. The fourth-order valence-corrected chi connectivity index (χ4v) is 1.60. The van der Waals surface area contributed by atoms with E-state index in [4.69, 9.17) is 23.2 Å². The lowest BCUT2D eigenvalue weighted by molar-refractivity contribution is 0.574. The van der Waals surface area contributed by atoms with Gasteiger partial charge in [-0.2, -0.15) is 4.98 Å². The molecule has 0 amide bonds. The minimum absolute atomic E-state index is 0.0291. The summed E-state index contributed by atoms with van der Waals surface area (Å²) in [6.45, 7) is 0.110. The summed E-state index contributed by atoms with van der Waals surface area (Å²) >= 11 is 11.4. The Hall–Kier alpha value is -1.46. The molecule has 0 aliphatic rings. The van der Waals surface area contributed by atoms with Crippen LogP contribution >= 0.6 is 23.2 Å². The topological polar surface area (TPSA) is 37.8 Å². The Balaban J connectivity index is 2.13. The van der Waals surface area contributed by atoms with Crippen molar-refractivity contribution in [3.63, 3.8) is 0 Å². The van der Waals surface area contributed by atoms with E-state index in [1.165, 1.54) is 18.3 Å². The van der Waals surface area contributed by atoms with E-state index in [1.54, 1.807) is 0 Å². The van der Waals surface area contributed by atoms with Gasteiger partial charge in [-0.1, -0.05) is 17.7 Å². The molecule has 1 heterocycles. The van der Waals surface area contributed by atoms with Gasteiger partial charge in [-0.15, -0.1) is 0 Å². The molecule has 1 N–H and O–H groups in total. The van der Waals surface area contributed by atoms with E-state index in [9.17, 15) is 8.78 Å². The van der Waals surface area contributed by atoms with Crippen molar-refractivity contribution in [1.29, 1.82) is 0 Å². The standard InChI is InChI=1S/C11H7Cl2F2N3/c12-8-5-17-11(13)18-10(8)16-4-6-1-2-7(14)3-9(6)15/h1-3,5H,4H2,(H,16,17,18). The van der Waals surface area contributed by atoms with Crippen LogP contribution in [0.5, 0.6) is 0 Å². The molecule has 94 valence electrons. The molecule has 0 fully saturated rings. The molecular formula is C11H7Cl2F2N3. The fourth-order valence-electron chi connectivity index (χ4n) is 1.31. The maximum atomic E-state index is 13.4. The van der Waals surface area contributed by atoms with Gasteiger partial charge in [0.15, 0.2) is 0 Å². The van der Waals surface area contributed by atoms with Crippen molar-refractivity contribution in [2.45, 2.75) is 6.54 Å². The molecule has 0 unspecified atom stereocenters. The molecule has 2 aromatic rings. The van der Waals surface area contributed by atoms with Gasteiger partial charge >= 0.3 is 0 Å². The smallest absolute Gasteiger partial charge is 0.224 e. The molecule has 0 atom stereocenters. The van der Waals surface area contributed by atoms with Crippen LogP contribution in [0, 0.1) is 11.6 Å². The first kappa shape index (κ1) is 13.0. The van der Waals surface area contributed by atoms with Crippen LogP contribution in [0.3, 0.4) is 0 Å². The molecule has 0 aliphatic carbocycles. The molecule has 0 bridgehead atoms. The predicted octanol–water partition coefficient (Wildman–Crippen LogP) is 3.67. The van der Waals surface area contributed by atoms with Crippen molar-refractivity contribution < 1.29 is 8.78 Å². The van der Waals surface area contributed by atoms with Crippen LogP contribution in [0.15, 0.2) is 24.4 Å². The Kier molecular flexibility index (Phi) is 3.93. The van der Waals surface area contributed by atoms with Gasteiger partial charge in [0.2, 0.25) is 5.28 Å². The van der Waals surface area contributed by atoms with Crippen LogP contribution in [0.25, 0.3) is 0 Å². The first-order valence-electron chi connectivity index (χ1n) is 4.92. The average molecular weight is 290 g/mol. The SMILES string of the molecule is Fc1ccc(CNc2nc(Cl)ncc2Cl)c(F)c1. The normalized spacial score (nSPS) is 10.4. The van der Waals surface area contributed by atoms with Crippen LogP contribution in [0.2, 0.25) is 10.3 Å². The summed E-state index contributed by atoms with van der Waals surface area (Å²) in [6, 6.07) is 3.33. The van der Waals surface area contributed by atoms with Gasteiger partial charge in [-0.25, -0.2) is 13.8 Å². The highest BCUT2D eigenvalue weighted by atomic mass is 35.5. The number of rotatable bonds is 3. The quantitative estimate of drug-likeness (QED) is 0.876. The highest BCUT2D eigenvalue weighted by Crippen LogP contribution is 2.20. The van der Waals surface area contributed by atoms with E-state index in [2.05, 4.69) is 15.3 Å². The molecule has 0 saturated carbocycles. The van der Waals surface area contributed by atoms with E-state index in [0.29, 0.717) is 11.4 Å². The van der Waals surface area contributed by atoms with Gasteiger partial charge in [0.1, 0.15) is 22.5 Å². The predicted molar refractivity (Wildman–Crippen MR) is 65.7 cm³/mol. The summed E-state index contributed by atoms with van der Waals surface area (Å²) in [5.74, 6) is -0.974. The van der Waals surface area contributed by atoms with Crippen LogP contribution in [-0.4, -0.2) is 9.97 Å². The number of anilines is 1. The third kappa shape index (κ3) is 3.05. The minimum Gasteiger partial charge on any atom is -0.364 e. The van der Waals surface area contributed by atoms with Gasteiger partial charge in [-0.05, 0) is 17.7 Å². The van der Waals surface area contributed by atoms with Crippen LogP contribution < -0.4 is 5.32 Å². The molecule has 7 heteroatoms. The first-order chi connectivity index (χ1) is 8.56. The van der Waals surface area contributed by atoms with Gasteiger partial charge in [0.25, 0.3) is 0 Å². The summed E-state index contributed by atoms with van der Waals surface area (Å²) < 4.78 is 26.1. The van der Waals surface area contributed by atoms with E-state index in [-0.39, 0.29) is 16.9 Å². The zero-order valence-electron chi connectivity index (χ0n) is 8.92. The molecule has 0 radical (unpaired) electrons. The molecule has 1 aromatic heterocycles. The Morgan fingerprint density at radius 2 is 2.00 bits per heavy atom. The number of halogens is 4. The summed E-state index contributed by atoms with van der Waals surface area (Å²) in [6.07, 6.45) is 1.33. The lowest BCUT2D eigenvalue weighted by Gasteiger charge is -2.08. The zero-order valence-corrected chi connectivity index (χ0v) is 10.4. The summed E-state index contributed by atoms with van der Waals surface area (Å²) in [5.41, 5.74) is 0.294. The maximum Gasteiger partial charge on any atom is 0.224 e. The van der Waals surface area contributed by atoms with Gasteiger partial charge < -0.3 is 5.32 Å². The Morgan fingerprint density at radius 3 is 2.72 bits per heavy atom. The number of aromatic nitrogens is 2. The van der Waals surface area contributed by atoms with Crippen molar-refractivity contribution in [2.24, 2.45) is 0 Å². The van der Waals surface area contributed by atoms with Crippen LogP contribution in [0.4, 0.5) is 14.6 Å². The lowest BCUT2D eigenvalue weighted by atomic mass is 10.2. The van der Waals surface area contributed by atoms with Crippen molar-refractivity contribution in [3.8, 4) is 0 Å². The number of nitrogens with zero attached hydrogens (tertiary/aromatic N) is 2. The lowest BCUT2D eigenvalue weighted by Crippen LogP contribution is -2.04. The molecule has 0 aliphatic heterocycles. The largest absolute Gasteiger partial charge is 0.364 e. The molecule has 0 spiro atoms. The minimum atomic E-state index is -0.640. The van der Waals surface area contributed by atoms with Gasteiger partial charge in [-0.3, -0.25) is 0 Å². The maximum absolute atomic E-state index is 13.4. The Morgan fingerprint density at radius 1 is 1.22 bits per heavy atom. The second-order valence-electron chi connectivity index (χ2n) is 3.42. The zero-order chi connectivity index (χ0) is 13.1. The fraction of sp³-hybridized carbons (Fsp3) is 0.0909. The third-order valence-corrected chi connectivity index (χ3v) is 2.63. The number of hydrogen-bond acceptors (Lipinski definition) is 3. The van der Waals surface area contributed by atoms with Crippen molar-refractivity contribution >= 4 is 29.0 Å². The average Bonchev–Trinajstić information content (AvgIpc) is 2.32. The molecule has 3 nitrogen and oxygen atoms in total. The Bertz CT molecular complexity index is 578. The second kappa shape index (κ2) is 5.46. The van der Waals surface area contributed by atoms with E-state index < -0.39 is 11.6 Å². The van der Waals surface area contributed by atoms with Crippen molar-refractivity contribution in [1.82, 2.24) is 9.97 Å². The highest BCUT2D eigenvalue weighted by Gasteiger charge is 2.07. The molecular weight excluding hydrogens is 283 g/mol. The second-order valence-corrected chi connectivity index (χ2v) is 4.17. The number of nitrogens with one attached hydrogen (secondary N) is 1. The van der Waals surface area contributed by atoms with Crippen molar-refractivity contribution in [2.75, 3.05) is 5.32 Å². The van der Waals surface area contributed by atoms with Gasteiger partial charge in [0.05, 0.1) is 6.20 Å². The highest BCUT2D eigenvalue weighted by molar-refractivity contribution is 6.33. The monoisotopic (exact) mass is 289 g/mol. The van der Waals surface area contributed by atoms with Crippen LogP contribution in [0.1, 0.15) is 5.56 Å². The number of benzene rings is 1. The molecule has 18 heavy (non-hydrogen) atoms. The summed E-state index contributed by atoms with van der Waals surface area (Å²) in [7, 11) is 0. The van der Waals surface area contributed by atoms with Gasteiger partial charge in [0, 0.05) is 18.2 Å². The third-order valence-electron chi connectivity index (χ3n) is 2.18. The van der Waals surface area contributed by atoms with E-state index in [1.807, 2.05) is 0 Å². The van der Waals surface area contributed by atoms with E-state index >= 15 is 0 Å². The van der Waals surface area contributed by atoms with E-state index in [0.717, 1.165) is 6.07 Å². The Labute approximate surface area is 112 Å². The van der Waals surface area contributed by atoms with Crippen molar-refractivity contribution in [3.05, 3.63) is 51.9 Å². The summed E-state index contributed by atoms with van der Waals surface area (Å²) in [4.78, 5) is 7.53. The molecule has 0 saturated heterocycles.